The van der Waals surface area contributed by atoms with Gasteiger partial charge in [-0.15, -0.1) is 0 Å². The number of halogens is 1. The van der Waals surface area contributed by atoms with Crippen molar-refractivity contribution in [2.45, 2.75) is 33.6 Å². The molecule has 1 atom stereocenters. The molecule has 2 heterocycles. The summed E-state index contributed by atoms with van der Waals surface area (Å²) in [6.45, 7) is 7.76. The van der Waals surface area contributed by atoms with Gasteiger partial charge in [0.1, 0.15) is 0 Å². The van der Waals surface area contributed by atoms with Crippen molar-refractivity contribution in [1.29, 1.82) is 0 Å². The molecule has 0 saturated carbocycles. The first-order chi connectivity index (χ1) is 12.9. The van der Waals surface area contributed by atoms with Gasteiger partial charge < -0.3 is 15.0 Å². The molecule has 1 fully saturated rings. The lowest BCUT2D eigenvalue weighted by Crippen LogP contribution is -2.35. The number of piperidine rings is 1. The smallest absolute Gasteiger partial charge is 0.262 e. The molecule has 7 heteroatoms. The van der Waals surface area contributed by atoms with E-state index in [-0.39, 0.29) is 12.5 Å². The van der Waals surface area contributed by atoms with E-state index in [0.29, 0.717) is 28.5 Å². The summed E-state index contributed by atoms with van der Waals surface area (Å²) < 4.78 is 5.63. The molecule has 144 valence electrons. The first-order valence-corrected chi connectivity index (χ1v) is 9.58. The largest absolute Gasteiger partial charge is 0.467 e. The first kappa shape index (κ1) is 19.4. The summed E-state index contributed by atoms with van der Waals surface area (Å²) in [6.07, 6.45) is 2.37. The minimum atomic E-state index is -0.259. The van der Waals surface area contributed by atoms with Crippen LogP contribution in [-0.4, -0.2) is 35.6 Å². The Kier molecular flexibility index (Phi) is 6.16. The fourth-order valence-corrected chi connectivity index (χ4v) is 3.35. The molecular weight excluding hydrogens is 364 g/mol. The molecule has 0 radical (unpaired) electrons. The van der Waals surface area contributed by atoms with Gasteiger partial charge in [0.2, 0.25) is 11.8 Å². The average molecular weight is 389 g/mol. The zero-order valence-electron chi connectivity index (χ0n) is 16.0. The second kappa shape index (κ2) is 8.57. The highest BCUT2D eigenvalue weighted by molar-refractivity contribution is 6.31. The van der Waals surface area contributed by atoms with Crippen LogP contribution in [0.4, 0.5) is 11.6 Å². The molecule has 2 aromatic rings. The van der Waals surface area contributed by atoms with Gasteiger partial charge in [-0.05, 0) is 50.3 Å². The maximum absolute atomic E-state index is 12.2. The molecule has 0 spiro atoms. The fourth-order valence-electron chi connectivity index (χ4n) is 3.18. The summed E-state index contributed by atoms with van der Waals surface area (Å²) in [4.78, 5) is 23.4. The van der Waals surface area contributed by atoms with Crippen LogP contribution in [-0.2, 0) is 4.79 Å². The molecule has 1 amide bonds. The van der Waals surface area contributed by atoms with Gasteiger partial charge >= 0.3 is 0 Å². The average Bonchev–Trinajstić information content (AvgIpc) is 2.63. The summed E-state index contributed by atoms with van der Waals surface area (Å²) in [5.74, 6) is 1.44. The Morgan fingerprint density at radius 3 is 2.96 bits per heavy atom. The van der Waals surface area contributed by atoms with E-state index >= 15 is 0 Å². The van der Waals surface area contributed by atoms with Crippen molar-refractivity contribution in [1.82, 2.24) is 9.97 Å². The number of anilines is 2. The zero-order chi connectivity index (χ0) is 19.4. The second-order valence-corrected chi connectivity index (χ2v) is 7.50. The highest BCUT2D eigenvalue weighted by atomic mass is 35.5. The maximum Gasteiger partial charge on any atom is 0.262 e. The van der Waals surface area contributed by atoms with E-state index in [1.165, 1.54) is 6.42 Å². The van der Waals surface area contributed by atoms with Gasteiger partial charge in [0.25, 0.3) is 5.91 Å². The predicted octanol–water partition coefficient (Wildman–Crippen LogP) is 4.00. The number of hydrogen-bond acceptors (Lipinski definition) is 5. The minimum Gasteiger partial charge on any atom is -0.467 e. The molecule has 0 bridgehead atoms. The van der Waals surface area contributed by atoms with Crippen LogP contribution in [0.3, 0.4) is 0 Å². The van der Waals surface area contributed by atoms with Crippen molar-refractivity contribution in [2.75, 3.05) is 29.9 Å². The molecule has 1 aromatic carbocycles. The van der Waals surface area contributed by atoms with E-state index < -0.39 is 0 Å². The number of benzene rings is 1. The Morgan fingerprint density at radius 2 is 2.19 bits per heavy atom. The number of ether oxygens (including phenoxy) is 1. The number of nitrogens with zero attached hydrogens (tertiary/aromatic N) is 3. The third kappa shape index (κ3) is 5.10. The quantitative estimate of drug-likeness (QED) is 0.838. The summed E-state index contributed by atoms with van der Waals surface area (Å²) in [5.41, 5.74) is 2.32. The number of rotatable bonds is 5. The van der Waals surface area contributed by atoms with Gasteiger partial charge in [-0.25, -0.2) is 4.98 Å². The minimum absolute atomic E-state index is 0.127. The van der Waals surface area contributed by atoms with Crippen LogP contribution in [0, 0.1) is 19.8 Å². The number of aromatic nitrogens is 2. The number of carbonyl (C=O) groups excluding carboxylic acids is 1. The van der Waals surface area contributed by atoms with E-state index in [1.54, 1.807) is 18.2 Å². The summed E-state index contributed by atoms with van der Waals surface area (Å²) >= 11 is 6.08. The maximum atomic E-state index is 12.2. The number of carbonyl (C=O) groups is 1. The Morgan fingerprint density at radius 1 is 1.37 bits per heavy atom. The number of nitrogens with one attached hydrogen (secondary N) is 1. The molecule has 27 heavy (non-hydrogen) atoms. The van der Waals surface area contributed by atoms with Gasteiger partial charge in [0.05, 0.1) is 0 Å². The van der Waals surface area contributed by atoms with Crippen LogP contribution in [0.5, 0.6) is 5.88 Å². The summed E-state index contributed by atoms with van der Waals surface area (Å²) in [7, 11) is 0. The van der Waals surface area contributed by atoms with E-state index in [9.17, 15) is 4.79 Å². The second-order valence-electron chi connectivity index (χ2n) is 7.09. The van der Waals surface area contributed by atoms with Crippen molar-refractivity contribution in [3.63, 3.8) is 0 Å². The van der Waals surface area contributed by atoms with Crippen LogP contribution in [0.25, 0.3) is 0 Å². The summed E-state index contributed by atoms with van der Waals surface area (Å²) in [6, 6.07) is 7.14. The van der Waals surface area contributed by atoms with E-state index in [1.807, 2.05) is 19.9 Å². The van der Waals surface area contributed by atoms with Crippen molar-refractivity contribution >= 4 is 29.1 Å². The van der Waals surface area contributed by atoms with Gasteiger partial charge in [0.15, 0.2) is 6.61 Å². The van der Waals surface area contributed by atoms with Crippen LogP contribution >= 0.6 is 11.6 Å². The first-order valence-electron chi connectivity index (χ1n) is 9.21. The molecule has 0 unspecified atom stereocenters. The fraction of sp³-hybridized carbons (Fsp3) is 0.450. The molecule has 1 aliphatic heterocycles. The molecule has 1 aliphatic rings. The third-order valence-corrected chi connectivity index (χ3v) is 5.06. The monoisotopic (exact) mass is 388 g/mol. The van der Waals surface area contributed by atoms with Crippen molar-refractivity contribution in [2.24, 2.45) is 5.92 Å². The lowest BCUT2D eigenvalue weighted by atomic mass is 10.0. The van der Waals surface area contributed by atoms with Crippen LogP contribution < -0.4 is 15.0 Å². The molecule has 6 nitrogen and oxygen atoms in total. The SMILES string of the molecule is Cc1cc(OCC(=O)Nc2cccc(Cl)c2C)nc(N2CCC[C@H](C)C2)n1. The number of hydrogen-bond donors (Lipinski definition) is 1. The molecule has 1 N–H and O–H groups in total. The standard InChI is InChI=1S/C20H25ClN4O2/c1-13-6-5-9-25(11-13)20-22-14(2)10-19(24-20)27-12-18(26)23-17-8-4-7-16(21)15(17)3/h4,7-8,10,13H,5-6,9,11-12H2,1-3H3,(H,23,26)/t13-/m0/s1. The van der Waals surface area contributed by atoms with E-state index in [2.05, 4.69) is 27.1 Å². The van der Waals surface area contributed by atoms with Crippen molar-refractivity contribution in [3.8, 4) is 5.88 Å². The molecular formula is C20H25ClN4O2. The Hall–Kier alpha value is -2.34. The van der Waals surface area contributed by atoms with Crippen LogP contribution in [0.15, 0.2) is 24.3 Å². The molecule has 1 aromatic heterocycles. The number of aryl methyl sites for hydroxylation is 1. The Labute approximate surface area is 164 Å². The van der Waals surface area contributed by atoms with Gasteiger partial charge in [-0.3, -0.25) is 4.79 Å². The topological polar surface area (TPSA) is 67.3 Å². The van der Waals surface area contributed by atoms with E-state index in [4.69, 9.17) is 16.3 Å². The zero-order valence-corrected chi connectivity index (χ0v) is 16.7. The number of amides is 1. The lowest BCUT2D eigenvalue weighted by molar-refractivity contribution is -0.118. The Bertz CT molecular complexity index is 828. The van der Waals surface area contributed by atoms with Gasteiger partial charge in [-0.2, -0.15) is 4.98 Å². The van der Waals surface area contributed by atoms with Gasteiger partial charge in [-0.1, -0.05) is 24.6 Å². The Balaban J connectivity index is 1.63. The van der Waals surface area contributed by atoms with Crippen LogP contribution in [0.2, 0.25) is 5.02 Å². The lowest BCUT2D eigenvalue weighted by Gasteiger charge is -2.31. The molecule has 3 rings (SSSR count). The van der Waals surface area contributed by atoms with E-state index in [0.717, 1.165) is 30.8 Å². The third-order valence-electron chi connectivity index (χ3n) is 4.65. The predicted molar refractivity (Wildman–Crippen MR) is 108 cm³/mol. The van der Waals surface area contributed by atoms with Crippen LogP contribution in [0.1, 0.15) is 31.0 Å². The molecule has 0 aliphatic carbocycles. The van der Waals surface area contributed by atoms with Crippen molar-refractivity contribution in [3.05, 3.63) is 40.5 Å². The van der Waals surface area contributed by atoms with Gasteiger partial charge in [0, 0.05) is 35.6 Å². The highest BCUT2D eigenvalue weighted by Gasteiger charge is 2.19. The normalized spacial score (nSPS) is 16.9. The highest BCUT2D eigenvalue weighted by Crippen LogP contribution is 2.24. The molecule has 1 saturated heterocycles. The summed E-state index contributed by atoms with van der Waals surface area (Å²) in [5, 5.41) is 3.43. The van der Waals surface area contributed by atoms with Crippen molar-refractivity contribution < 1.29 is 9.53 Å².